The van der Waals surface area contributed by atoms with E-state index in [2.05, 4.69) is 10.3 Å². The molecule has 0 spiro atoms. The van der Waals surface area contributed by atoms with Crippen molar-refractivity contribution in [3.8, 4) is 0 Å². The summed E-state index contributed by atoms with van der Waals surface area (Å²) in [5, 5.41) is 2.97. The Hall–Kier alpha value is -2.88. The van der Waals surface area contributed by atoms with Gasteiger partial charge >= 0.3 is 5.69 Å². The molecule has 1 aromatic carbocycles. The molecule has 1 amide bonds. The van der Waals surface area contributed by atoms with Gasteiger partial charge in [0, 0.05) is 37.7 Å². The van der Waals surface area contributed by atoms with Crippen molar-refractivity contribution in [1.82, 2.24) is 24.0 Å². The van der Waals surface area contributed by atoms with Crippen LogP contribution in [0.15, 0.2) is 39.0 Å². The van der Waals surface area contributed by atoms with E-state index in [0.717, 1.165) is 22.3 Å². The van der Waals surface area contributed by atoms with E-state index in [1.807, 2.05) is 6.07 Å². The number of hydrogen-bond donors (Lipinski definition) is 1. The smallest absolute Gasteiger partial charge is 0.332 e. The predicted octanol–water partition coefficient (Wildman–Crippen LogP) is 1.32. The van der Waals surface area contributed by atoms with Crippen molar-refractivity contribution in [2.75, 3.05) is 5.75 Å². The van der Waals surface area contributed by atoms with Gasteiger partial charge in [-0.1, -0.05) is 12.1 Å². The molecule has 0 saturated carbocycles. The van der Waals surface area contributed by atoms with E-state index in [1.54, 1.807) is 17.7 Å². The average Bonchev–Trinajstić information content (AvgIpc) is 3.14. The number of aromatic nitrogens is 4. The van der Waals surface area contributed by atoms with Crippen LogP contribution in [0.2, 0.25) is 0 Å². The number of nitrogens with one attached hydrogen (secondary N) is 1. The van der Waals surface area contributed by atoms with Crippen LogP contribution in [0.3, 0.4) is 0 Å². The average molecular weight is 417 g/mol. The molecule has 0 aliphatic carbocycles. The fourth-order valence-corrected chi connectivity index (χ4v) is 4.73. The SMILES string of the molecule is Cn1c(=O)c2c(ncn2CCC(=O)N[C@H]2CCSc3c(F)cccc32)n(C)c1=O. The van der Waals surface area contributed by atoms with Gasteiger partial charge in [-0.2, -0.15) is 0 Å². The molecule has 4 rings (SSSR count). The molecule has 3 aromatic rings. The lowest BCUT2D eigenvalue weighted by Crippen LogP contribution is -2.37. The number of rotatable bonds is 4. The number of halogens is 1. The quantitative estimate of drug-likeness (QED) is 0.691. The van der Waals surface area contributed by atoms with Gasteiger partial charge in [-0.25, -0.2) is 14.2 Å². The summed E-state index contributed by atoms with van der Waals surface area (Å²) in [6, 6.07) is 4.68. The Morgan fingerprint density at radius 2 is 2.10 bits per heavy atom. The van der Waals surface area contributed by atoms with Crippen LogP contribution in [-0.4, -0.2) is 30.3 Å². The third-order valence-electron chi connectivity index (χ3n) is 5.16. The lowest BCUT2D eigenvalue weighted by atomic mass is 10.0. The fourth-order valence-electron chi connectivity index (χ4n) is 3.59. The fraction of sp³-hybridized carbons (Fsp3) is 0.368. The molecule has 1 atom stereocenters. The van der Waals surface area contributed by atoms with Crippen LogP contribution in [0.25, 0.3) is 11.2 Å². The van der Waals surface area contributed by atoms with Gasteiger partial charge in [-0.3, -0.25) is 18.7 Å². The summed E-state index contributed by atoms with van der Waals surface area (Å²) in [4.78, 5) is 41.7. The lowest BCUT2D eigenvalue weighted by Gasteiger charge is -2.26. The van der Waals surface area contributed by atoms with Crippen LogP contribution in [0, 0.1) is 5.82 Å². The molecule has 8 nitrogen and oxygen atoms in total. The minimum Gasteiger partial charge on any atom is -0.349 e. The first-order chi connectivity index (χ1) is 13.9. The molecule has 152 valence electrons. The molecule has 3 heterocycles. The maximum Gasteiger partial charge on any atom is 0.332 e. The molecule has 0 bridgehead atoms. The Morgan fingerprint density at radius 3 is 2.90 bits per heavy atom. The number of thioether (sulfide) groups is 1. The summed E-state index contributed by atoms with van der Waals surface area (Å²) < 4.78 is 17.9. The third kappa shape index (κ3) is 3.37. The van der Waals surface area contributed by atoms with Gasteiger partial charge in [0.25, 0.3) is 5.56 Å². The predicted molar refractivity (Wildman–Crippen MR) is 107 cm³/mol. The molecular formula is C19H20FN5O3S. The molecule has 0 fully saturated rings. The van der Waals surface area contributed by atoms with Gasteiger partial charge in [-0.15, -0.1) is 11.8 Å². The van der Waals surface area contributed by atoms with Gasteiger partial charge in [0.2, 0.25) is 5.91 Å². The summed E-state index contributed by atoms with van der Waals surface area (Å²) in [6.07, 6.45) is 2.32. The maximum atomic E-state index is 14.0. The zero-order valence-electron chi connectivity index (χ0n) is 16.0. The molecule has 1 N–H and O–H groups in total. The highest BCUT2D eigenvalue weighted by Gasteiger charge is 2.24. The van der Waals surface area contributed by atoms with E-state index in [4.69, 9.17) is 0 Å². The Kier molecular flexibility index (Phi) is 5.03. The minimum absolute atomic E-state index is 0.131. The zero-order chi connectivity index (χ0) is 20.7. The number of fused-ring (bicyclic) bond motifs is 2. The normalized spacial score (nSPS) is 16.0. The molecule has 0 saturated heterocycles. The van der Waals surface area contributed by atoms with Crippen LogP contribution < -0.4 is 16.6 Å². The van der Waals surface area contributed by atoms with Crippen molar-refractivity contribution in [3.05, 3.63) is 56.7 Å². The standard InChI is InChI=1S/C19H20FN5O3S/c1-23-17-15(18(27)24(2)19(23)28)25(10-21-17)8-6-14(26)22-13-7-9-29-16-11(13)4-3-5-12(16)20/h3-5,10,13H,6-9H2,1-2H3,(H,22,26)/t13-/m0/s1. The topological polar surface area (TPSA) is 90.9 Å². The second-order valence-corrected chi connectivity index (χ2v) is 8.09. The minimum atomic E-state index is -0.452. The van der Waals surface area contributed by atoms with Crippen LogP contribution in [0.1, 0.15) is 24.4 Å². The first kappa shape index (κ1) is 19.4. The molecule has 1 aliphatic heterocycles. The second-order valence-electron chi connectivity index (χ2n) is 6.98. The van der Waals surface area contributed by atoms with E-state index >= 15 is 0 Å². The third-order valence-corrected chi connectivity index (χ3v) is 6.32. The second kappa shape index (κ2) is 7.51. The molecule has 0 unspecified atom stereocenters. The monoisotopic (exact) mass is 417 g/mol. The van der Waals surface area contributed by atoms with Crippen molar-refractivity contribution in [3.63, 3.8) is 0 Å². The van der Waals surface area contributed by atoms with Gasteiger partial charge in [0.1, 0.15) is 5.82 Å². The molecule has 29 heavy (non-hydrogen) atoms. The molecule has 0 radical (unpaired) electrons. The lowest BCUT2D eigenvalue weighted by molar-refractivity contribution is -0.122. The largest absolute Gasteiger partial charge is 0.349 e. The Bertz CT molecular complexity index is 1230. The highest BCUT2D eigenvalue weighted by atomic mass is 32.2. The zero-order valence-corrected chi connectivity index (χ0v) is 16.8. The summed E-state index contributed by atoms with van der Waals surface area (Å²) in [5.41, 5.74) is 0.462. The van der Waals surface area contributed by atoms with Crippen molar-refractivity contribution in [2.45, 2.75) is 30.3 Å². The van der Waals surface area contributed by atoms with Crippen LogP contribution >= 0.6 is 11.8 Å². The van der Waals surface area contributed by atoms with E-state index in [-0.39, 0.29) is 41.9 Å². The van der Waals surface area contributed by atoms with Crippen molar-refractivity contribution < 1.29 is 9.18 Å². The van der Waals surface area contributed by atoms with Crippen LogP contribution in [0.5, 0.6) is 0 Å². The van der Waals surface area contributed by atoms with E-state index < -0.39 is 11.2 Å². The molecule has 1 aliphatic rings. The molecule has 10 heteroatoms. The van der Waals surface area contributed by atoms with Gasteiger partial charge < -0.3 is 9.88 Å². The molecule has 2 aromatic heterocycles. The number of carbonyl (C=O) groups is 1. The maximum absolute atomic E-state index is 14.0. The number of carbonyl (C=O) groups excluding carboxylic acids is 1. The van der Waals surface area contributed by atoms with Crippen molar-refractivity contribution in [2.24, 2.45) is 14.1 Å². The van der Waals surface area contributed by atoms with E-state index in [0.29, 0.717) is 4.90 Å². The van der Waals surface area contributed by atoms with Crippen molar-refractivity contribution >= 4 is 28.8 Å². The van der Waals surface area contributed by atoms with Gasteiger partial charge in [0.05, 0.1) is 12.4 Å². The van der Waals surface area contributed by atoms with E-state index in [1.165, 1.54) is 35.8 Å². The summed E-state index contributed by atoms with van der Waals surface area (Å²) >= 11 is 1.46. The highest BCUT2D eigenvalue weighted by molar-refractivity contribution is 7.99. The number of amides is 1. The first-order valence-electron chi connectivity index (χ1n) is 9.20. The number of imidazole rings is 1. The summed E-state index contributed by atoms with van der Waals surface area (Å²) in [7, 11) is 2.96. The Balaban J connectivity index is 1.51. The van der Waals surface area contributed by atoms with Crippen LogP contribution in [-0.2, 0) is 25.4 Å². The van der Waals surface area contributed by atoms with Crippen molar-refractivity contribution in [1.29, 1.82) is 0 Å². The number of hydrogen-bond acceptors (Lipinski definition) is 5. The van der Waals surface area contributed by atoms with Crippen LogP contribution in [0.4, 0.5) is 4.39 Å². The van der Waals surface area contributed by atoms with Gasteiger partial charge in [-0.05, 0) is 18.1 Å². The van der Waals surface area contributed by atoms with E-state index in [9.17, 15) is 18.8 Å². The number of aryl methyl sites for hydroxylation is 2. The Morgan fingerprint density at radius 1 is 1.31 bits per heavy atom. The summed E-state index contributed by atoms with van der Waals surface area (Å²) in [6.45, 7) is 0.243. The van der Waals surface area contributed by atoms with Gasteiger partial charge in [0.15, 0.2) is 11.2 Å². The molecular weight excluding hydrogens is 397 g/mol. The Labute approximate surface area is 169 Å². The number of benzene rings is 1. The first-order valence-corrected chi connectivity index (χ1v) is 10.2. The number of nitrogens with zero attached hydrogens (tertiary/aromatic N) is 4. The highest BCUT2D eigenvalue weighted by Crippen LogP contribution is 2.37. The summed E-state index contributed by atoms with van der Waals surface area (Å²) in [5.74, 6) is 0.271.